The molecule has 0 radical (unpaired) electrons. The standard InChI is InChI=1S/C17H31FN2O2/c1-16(2,3)20-10-9-17(18,12-20)15(22)19(4)14-7-5-13(11-21)6-8-14/h13-14,21H,5-12H2,1-4H3. The van der Waals surface area contributed by atoms with E-state index in [1.807, 2.05) is 0 Å². The third-order valence-electron chi connectivity index (χ3n) is 5.49. The van der Waals surface area contributed by atoms with Gasteiger partial charge in [-0.3, -0.25) is 9.69 Å². The van der Waals surface area contributed by atoms with Gasteiger partial charge in [-0.1, -0.05) is 0 Å². The zero-order valence-corrected chi connectivity index (χ0v) is 14.4. The van der Waals surface area contributed by atoms with E-state index in [0.717, 1.165) is 25.7 Å². The summed E-state index contributed by atoms with van der Waals surface area (Å²) in [6.07, 6.45) is 3.87. The van der Waals surface area contributed by atoms with Crippen LogP contribution in [0.4, 0.5) is 4.39 Å². The minimum absolute atomic E-state index is 0.105. The predicted octanol–water partition coefficient (Wildman–Crippen LogP) is 2.21. The highest BCUT2D eigenvalue weighted by Gasteiger charge is 2.49. The molecule has 1 aliphatic carbocycles. The summed E-state index contributed by atoms with van der Waals surface area (Å²) in [5, 5.41) is 9.20. The van der Waals surface area contributed by atoms with E-state index >= 15 is 4.39 Å². The highest BCUT2D eigenvalue weighted by atomic mass is 19.1. The van der Waals surface area contributed by atoms with E-state index in [1.54, 1.807) is 11.9 Å². The van der Waals surface area contributed by atoms with Gasteiger partial charge in [0.1, 0.15) is 0 Å². The maximum Gasteiger partial charge on any atom is 0.261 e. The van der Waals surface area contributed by atoms with Crippen LogP contribution in [0.2, 0.25) is 0 Å². The van der Waals surface area contributed by atoms with Crippen LogP contribution in [0.15, 0.2) is 0 Å². The Morgan fingerprint density at radius 2 is 1.91 bits per heavy atom. The van der Waals surface area contributed by atoms with Gasteiger partial charge in [-0.05, 0) is 52.4 Å². The second-order valence-electron chi connectivity index (χ2n) is 8.08. The average Bonchev–Trinajstić information content (AvgIpc) is 2.90. The number of carbonyl (C=O) groups is 1. The summed E-state index contributed by atoms with van der Waals surface area (Å²) < 4.78 is 15.2. The van der Waals surface area contributed by atoms with E-state index in [9.17, 15) is 9.90 Å². The van der Waals surface area contributed by atoms with Gasteiger partial charge in [0.2, 0.25) is 5.67 Å². The molecule has 0 bridgehead atoms. The zero-order chi connectivity index (χ0) is 16.5. The van der Waals surface area contributed by atoms with Crippen LogP contribution >= 0.6 is 0 Å². The van der Waals surface area contributed by atoms with Gasteiger partial charge < -0.3 is 10.0 Å². The predicted molar refractivity (Wildman–Crippen MR) is 85.4 cm³/mol. The summed E-state index contributed by atoms with van der Waals surface area (Å²) in [6, 6.07) is 0.117. The lowest BCUT2D eigenvalue weighted by atomic mass is 9.85. The highest BCUT2D eigenvalue weighted by Crippen LogP contribution is 2.34. The maximum absolute atomic E-state index is 15.2. The van der Waals surface area contributed by atoms with Crippen molar-refractivity contribution in [1.82, 2.24) is 9.80 Å². The molecule has 2 fully saturated rings. The molecule has 1 atom stereocenters. The highest BCUT2D eigenvalue weighted by molar-refractivity contribution is 5.86. The van der Waals surface area contributed by atoms with Crippen molar-refractivity contribution in [3.05, 3.63) is 0 Å². The smallest absolute Gasteiger partial charge is 0.261 e. The molecule has 1 heterocycles. The van der Waals surface area contributed by atoms with Crippen molar-refractivity contribution in [3.8, 4) is 0 Å². The molecular formula is C17H31FN2O2. The topological polar surface area (TPSA) is 43.8 Å². The van der Waals surface area contributed by atoms with Crippen molar-refractivity contribution >= 4 is 5.91 Å². The fourth-order valence-corrected chi connectivity index (χ4v) is 3.72. The summed E-state index contributed by atoms with van der Waals surface area (Å²) >= 11 is 0. The molecule has 5 heteroatoms. The number of carbonyl (C=O) groups excluding carboxylic acids is 1. The number of alkyl halides is 1. The summed E-state index contributed by atoms with van der Waals surface area (Å²) in [7, 11) is 1.74. The van der Waals surface area contributed by atoms with Gasteiger partial charge in [0.05, 0.1) is 0 Å². The van der Waals surface area contributed by atoms with Crippen LogP contribution in [0.25, 0.3) is 0 Å². The van der Waals surface area contributed by atoms with Crippen molar-refractivity contribution in [1.29, 1.82) is 0 Å². The molecule has 0 spiro atoms. The number of aliphatic hydroxyl groups excluding tert-OH is 1. The van der Waals surface area contributed by atoms with Gasteiger partial charge in [-0.25, -0.2) is 4.39 Å². The summed E-state index contributed by atoms with van der Waals surface area (Å²) in [4.78, 5) is 16.4. The molecule has 128 valence electrons. The van der Waals surface area contributed by atoms with E-state index in [4.69, 9.17) is 0 Å². The monoisotopic (exact) mass is 314 g/mol. The molecule has 1 amide bonds. The molecule has 1 aliphatic heterocycles. The lowest BCUT2D eigenvalue weighted by Crippen LogP contribution is -2.52. The molecule has 1 saturated carbocycles. The van der Waals surface area contributed by atoms with Crippen molar-refractivity contribution in [2.24, 2.45) is 5.92 Å². The van der Waals surface area contributed by atoms with Gasteiger partial charge in [0.25, 0.3) is 5.91 Å². The minimum atomic E-state index is -1.74. The Morgan fingerprint density at radius 1 is 1.32 bits per heavy atom. The Kier molecular flexibility index (Phi) is 5.17. The molecule has 4 nitrogen and oxygen atoms in total. The normalized spacial score (nSPS) is 33.9. The lowest BCUT2D eigenvalue weighted by molar-refractivity contribution is -0.145. The molecule has 0 aromatic rings. The van der Waals surface area contributed by atoms with Crippen molar-refractivity contribution < 1.29 is 14.3 Å². The number of halogens is 1. The van der Waals surface area contributed by atoms with Crippen LogP contribution in [0.5, 0.6) is 0 Å². The van der Waals surface area contributed by atoms with Crippen LogP contribution in [0.3, 0.4) is 0 Å². The van der Waals surface area contributed by atoms with Crippen molar-refractivity contribution in [2.75, 3.05) is 26.7 Å². The SMILES string of the molecule is CN(C(=O)C1(F)CCN(C(C)(C)C)C1)C1CCC(CO)CC1. The number of likely N-dealkylation sites (tertiary alicyclic amines) is 1. The number of hydrogen-bond acceptors (Lipinski definition) is 3. The summed E-state index contributed by atoms with van der Waals surface area (Å²) in [5.41, 5.74) is -1.85. The van der Waals surface area contributed by atoms with Gasteiger partial charge in [0, 0.05) is 44.7 Å². The molecule has 0 aromatic carbocycles. The molecule has 2 aliphatic rings. The first kappa shape index (κ1) is 17.7. The summed E-state index contributed by atoms with van der Waals surface area (Å²) in [6.45, 7) is 7.23. The molecule has 1 unspecified atom stereocenters. The molecule has 0 aromatic heterocycles. The van der Waals surface area contributed by atoms with E-state index in [2.05, 4.69) is 25.7 Å². The number of hydrogen-bond donors (Lipinski definition) is 1. The average molecular weight is 314 g/mol. The first-order valence-electron chi connectivity index (χ1n) is 8.49. The van der Waals surface area contributed by atoms with Crippen LogP contribution in [-0.4, -0.2) is 64.8 Å². The third-order valence-corrected chi connectivity index (χ3v) is 5.49. The largest absolute Gasteiger partial charge is 0.396 e. The first-order chi connectivity index (χ1) is 10.2. The second-order valence-corrected chi connectivity index (χ2v) is 8.08. The zero-order valence-electron chi connectivity index (χ0n) is 14.4. The number of nitrogens with zero attached hydrogens (tertiary/aromatic N) is 2. The van der Waals surface area contributed by atoms with Gasteiger partial charge in [0.15, 0.2) is 0 Å². The fraction of sp³-hybridized carbons (Fsp3) is 0.941. The number of rotatable bonds is 3. The number of amides is 1. The Bertz CT molecular complexity index is 402. The lowest BCUT2D eigenvalue weighted by Gasteiger charge is -2.37. The second kappa shape index (κ2) is 6.44. The van der Waals surface area contributed by atoms with Crippen LogP contribution < -0.4 is 0 Å². The van der Waals surface area contributed by atoms with Crippen LogP contribution in [0.1, 0.15) is 52.9 Å². The Balaban J connectivity index is 1.96. The van der Waals surface area contributed by atoms with Gasteiger partial charge in [-0.15, -0.1) is 0 Å². The van der Waals surface area contributed by atoms with Gasteiger partial charge >= 0.3 is 0 Å². The molecule has 22 heavy (non-hydrogen) atoms. The molecule has 1 N–H and O–H groups in total. The minimum Gasteiger partial charge on any atom is -0.396 e. The van der Waals surface area contributed by atoms with E-state index in [-0.39, 0.29) is 30.6 Å². The van der Waals surface area contributed by atoms with Crippen molar-refractivity contribution in [2.45, 2.75) is 70.1 Å². The van der Waals surface area contributed by atoms with Gasteiger partial charge in [-0.2, -0.15) is 0 Å². The Labute approximate surface area is 133 Å². The van der Waals surface area contributed by atoms with E-state index in [0.29, 0.717) is 18.9 Å². The van der Waals surface area contributed by atoms with E-state index < -0.39 is 5.67 Å². The molecule has 2 rings (SSSR count). The van der Waals surface area contributed by atoms with Crippen LogP contribution in [-0.2, 0) is 4.79 Å². The van der Waals surface area contributed by atoms with E-state index in [1.165, 1.54) is 0 Å². The maximum atomic E-state index is 15.2. The Hall–Kier alpha value is -0.680. The van der Waals surface area contributed by atoms with Crippen molar-refractivity contribution in [3.63, 3.8) is 0 Å². The quantitative estimate of drug-likeness (QED) is 0.868. The molecule has 1 saturated heterocycles. The number of aliphatic hydroxyl groups is 1. The fourth-order valence-electron chi connectivity index (χ4n) is 3.72. The third kappa shape index (κ3) is 3.62. The molecular weight excluding hydrogens is 283 g/mol. The summed E-state index contributed by atoms with van der Waals surface area (Å²) in [5.74, 6) is -0.00588. The van der Waals surface area contributed by atoms with Crippen LogP contribution in [0, 0.1) is 5.92 Å². The first-order valence-corrected chi connectivity index (χ1v) is 8.49. The Morgan fingerprint density at radius 3 is 2.36 bits per heavy atom.